The van der Waals surface area contributed by atoms with Crippen LogP contribution in [0.5, 0.6) is 0 Å². The summed E-state index contributed by atoms with van der Waals surface area (Å²) in [5, 5.41) is 0. The number of nitrogens with zero attached hydrogens (tertiary/aromatic N) is 2. The Morgan fingerprint density at radius 2 is 2.38 bits per heavy atom. The summed E-state index contributed by atoms with van der Waals surface area (Å²) in [5.74, 6) is 0. The van der Waals surface area contributed by atoms with Crippen LogP contribution in [0.3, 0.4) is 0 Å². The van der Waals surface area contributed by atoms with Crippen LogP contribution in [0.4, 0.5) is 0 Å². The van der Waals surface area contributed by atoms with Gasteiger partial charge in [0.05, 0.1) is 15.5 Å². The van der Waals surface area contributed by atoms with Crippen LogP contribution in [-0.4, -0.2) is 20.4 Å². The van der Waals surface area contributed by atoms with Crippen molar-refractivity contribution in [3.63, 3.8) is 0 Å². The van der Waals surface area contributed by atoms with E-state index in [1.807, 2.05) is 6.07 Å². The second-order valence-electron chi connectivity index (χ2n) is 2.41. The molecular formula is C7H5BrN2OS2. The first-order chi connectivity index (χ1) is 6.16. The van der Waals surface area contributed by atoms with E-state index in [-0.39, 0.29) is 0 Å². The van der Waals surface area contributed by atoms with E-state index in [0.29, 0.717) is 9.99 Å². The molecule has 0 aliphatic heterocycles. The molecule has 0 saturated heterocycles. The van der Waals surface area contributed by atoms with Crippen molar-refractivity contribution < 1.29 is 4.21 Å². The van der Waals surface area contributed by atoms with E-state index < -0.39 is 10.8 Å². The van der Waals surface area contributed by atoms with Gasteiger partial charge in [0, 0.05) is 16.9 Å². The first-order valence-electron chi connectivity index (χ1n) is 3.42. The lowest BCUT2D eigenvalue weighted by Crippen LogP contribution is -1.84. The lowest BCUT2D eigenvalue weighted by atomic mass is 10.5. The van der Waals surface area contributed by atoms with Gasteiger partial charge in [-0.3, -0.25) is 4.21 Å². The molecule has 1 atom stereocenters. The Morgan fingerprint density at radius 1 is 1.62 bits per heavy atom. The van der Waals surface area contributed by atoms with Gasteiger partial charge >= 0.3 is 0 Å². The van der Waals surface area contributed by atoms with Gasteiger partial charge in [0.15, 0.2) is 9.99 Å². The zero-order chi connectivity index (χ0) is 9.42. The van der Waals surface area contributed by atoms with Crippen molar-refractivity contribution in [3.05, 3.63) is 16.7 Å². The highest BCUT2D eigenvalue weighted by atomic mass is 79.9. The summed E-state index contributed by atoms with van der Waals surface area (Å²) in [4.78, 5) is 8.24. The molecule has 0 bridgehead atoms. The van der Waals surface area contributed by atoms with Crippen LogP contribution in [0.25, 0.3) is 10.3 Å². The highest BCUT2D eigenvalue weighted by molar-refractivity contribution is 9.10. The predicted molar refractivity (Wildman–Crippen MR) is 57.4 cm³/mol. The molecule has 3 nitrogen and oxygen atoms in total. The summed E-state index contributed by atoms with van der Waals surface area (Å²) in [6.45, 7) is 0. The number of thiazole rings is 1. The van der Waals surface area contributed by atoms with Crippen molar-refractivity contribution >= 4 is 48.4 Å². The predicted octanol–water partition coefficient (Wildman–Crippen LogP) is 2.19. The van der Waals surface area contributed by atoms with Crippen molar-refractivity contribution in [3.8, 4) is 0 Å². The Balaban J connectivity index is 2.68. The van der Waals surface area contributed by atoms with Crippen LogP contribution >= 0.6 is 27.3 Å². The van der Waals surface area contributed by atoms with E-state index >= 15 is 0 Å². The van der Waals surface area contributed by atoms with E-state index in [0.717, 1.165) is 9.17 Å². The topological polar surface area (TPSA) is 42.9 Å². The average Bonchev–Trinajstić information content (AvgIpc) is 2.46. The fraction of sp³-hybridized carbons (Fsp3) is 0.143. The van der Waals surface area contributed by atoms with Crippen LogP contribution in [0.2, 0.25) is 0 Å². The summed E-state index contributed by atoms with van der Waals surface area (Å²) in [5.41, 5.74) is 0.665. The third-order valence-electron chi connectivity index (χ3n) is 1.44. The van der Waals surface area contributed by atoms with E-state index in [4.69, 9.17) is 0 Å². The number of hydrogen-bond donors (Lipinski definition) is 0. The van der Waals surface area contributed by atoms with Gasteiger partial charge in [0.25, 0.3) is 0 Å². The molecule has 0 spiro atoms. The number of rotatable bonds is 1. The molecule has 0 aliphatic rings. The van der Waals surface area contributed by atoms with Gasteiger partial charge in [-0.05, 0) is 22.0 Å². The van der Waals surface area contributed by atoms with Crippen LogP contribution in [0.15, 0.2) is 21.1 Å². The monoisotopic (exact) mass is 276 g/mol. The highest BCUT2D eigenvalue weighted by Crippen LogP contribution is 2.24. The van der Waals surface area contributed by atoms with Gasteiger partial charge in [-0.1, -0.05) is 0 Å². The maximum atomic E-state index is 11.1. The minimum absolute atomic E-state index is 0.626. The molecule has 0 fully saturated rings. The fourth-order valence-corrected chi connectivity index (χ4v) is 3.03. The van der Waals surface area contributed by atoms with Crippen molar-refractivity contribution in [2.45, 2.75) is 4.34 Å². The number of pyridine rings is 1. The SMILES string of the molecule is C[S@@](=O)c1nc2ncc(Br)cc2s1. The second-order valence-corrected chi connectivity index (χ2v) is 5.91. The summed E-state index contributed by atoms with van der Waals surface area (Å²) in [6, 6.07) is 1.93. The maximum Gasteiger partial charge on any atom is 0.183 e. The Morgan fingerprint density at radius 3 is 3.08 bits per heavy atom. The molecule has 2 heterocycles. The summed E-state index contributed by atoms with van der Waals surface area (Å²) >= 11 is 4.73. The molecule has 2 rings (SSSR count). The fourth-order valence-electron chi connectivity index (χ4n) is 0.899. The maximum absolute atomic E-state index is 11.1. The van der Waals surface area contributed by atoms with Gasteiger partial charge in [-0.15, -0.1) is 11.3 Å². The Hall–Kier alpha value is -0.330. The normalized spacial score (nSPS) is 13.4. The molecule has 0 aromatic carbocycles. The molecule has 2 aromatic rings. The largest absolute Gasteiger partial charge is 0.252 e. The van der Waals surface area contributed by atoms with Gasteiger partial charge in [0.2, 0.25) is 0 Å². The summed E-state index contributed by atoms with van der Waals surface area (Å²) in [7, 11) is -1.02. The molecule has 0 radical (unpaired) electrons. The summed E-state index contributed by atoms with van der Waals surface area (Å²) in [6.07, 6.45) is 3.30. The van der Waals surface area contributed by atoms with Crippen LogP contribution in [0.1, 0.15) is 0 Å². The lowest BCUT2D eigenvalue weighted by Gasteiger charge is -1.86. The molecular weight excluding hydrogens is 272 g/mol. The molecule has 0 saturated carbocycles. The smallest absolute Gasteiger partial charge is 0.183 e. The molecule has 6 heteroatoms. The third-order valence-corrected chi connectivity index (χ3v) is 4.20. The number of fused-ring (bicyclic) bond motifs is 1. The van der Waals surface area contributed by atoms with Crippen LogP contribution in [0, 0.1) is 0 Å². The Labute approximate surface area is 89.8 Å². The molecule has 0 N–H and O–H groups in total. The van der Waals surface area contributed by atoms with Crippen molar-refractivity contribution in [2.75, 3.05) is 6.26 Å². The molecule has 2 aromatic heterocycles. The second kappa shape index (κ2) is 3.43. The zero-order valence-electron chi connectivity index (χ0n) is 6.65. The van der Waals surface area contributed by atoms with E-state index in [1.54, 1.807) is 12.5 Å². The van der Waals surface area contributed by atoms with E-state index in [1.165, 1.54) is 11.3 Å². The number of hydrogen-bond acceptors (Lipinski definition) is 4. The molecule has 13 heavy (non-hydrogen) atoms. The number of aromatic nitrogens is 2. The Kier molecular flexibility index (Phi) is 2.44. The first kappa shape index (κ1) is 9.23. The van der Waals surface area contributed by atoms with Crippen LogP contribution in [-0.2, 0) is 10.8 Å². The standard InChI is InChI=1S/C7H5BrN2OS2/c1-13(11)7-10-6-5(12-7)2-4(8)3-9-6/h2-3H,1H3/t13-/m1/s1. The van der Waals surface area contributed by atoms with E-state index in [2.05, 4.69) is 25.9 Å². The van der Waals surface area contributed by atoms with Gasteiger partial charge in [-0.25, -0.2) is 9.97 Å². The minimum Gasteiger partial charge on any atom is -0.252 e. The third kappa shape index (κ3) is 1.79. The first-order valence-corrected chi connectivity index (χ1v) is 6.59. The highest BCUT2D eigenvalue weighted by Gasteiger charge is 2.07. The number of halogens is 1. The molecule has 0 aliphatic carbocycles. The minimum atomic E-state index is -1.02. The van der Waals surface area contributed by atoms with E-state index in [9.17, 15) is 4.21 Å². The van der Waals surface area contributed by atoms with Crippen molar-refractivity contribution in [2.24, 2.45) is 0 Å². The molecule has 0 unspecified atom stereocenters. The zero-order valence-corrected chi connectivity index (χ0v) is 9.87. The average molecular weight is 277 g/mol. The summed E-state index contributed by atoms with van der Waals surface area (Å²) < 4.78 is 13.6. The Bertz CT molecular complexity index is 482. The van der Waals surface area contributed by atoms with Gasteiger partial charge in [-0.2, -0.15) is 0 Å². The quantitative estimate of drug-likeness (QED) is 0.802. The lowest BCUT2D eigenvalue weighted by molar-refractivity contribution is 0.686. The molecule has 0 amide bonds. The van der Waals surface area contributed by atoms with Gasteiger partial charge in [0.1, 0.15) is 0 Å². The van der Waals surface area contributed by atoms with Gasteiger partial charge < -0.3 is 0 Å². The van der Waals surface area contributed by atoms with Crippen molar-refractivity contribution in [1.29, 1.82) is 0 Å². The van der Waals surface area contributed by atoms with Crippen LogP contribution < -0.4 is 0 Å². The molecule has 68 valence electrons. The van der Waals surface area contributed by atoms with Crippen molar-refractivity contribution in [1.82, 2.24) is 9.97 Å².